The molecule has 1 aliphatic heterocycles. The number of carbonyl (C=O) groups is 1. The number of thiophene rings is 1. The zero-order valence-corrected chi connectivity index (χ0v) is 16.6. The summed E-state index contributed by atoms with van der Waals surface area (Å²) in [5, 5.41) is 3.08. The average Bonchev–Trinajstić information content (AvgIpc) is 3.18. The first kappa shape index (κ1) is 18.1. The number of carbonyl (C=O) groups excluding carboxylic acids is 1. The topological polar surface area (TPSA) is 35.5 Å². The Bertz CT molecular complexity index is 1050. The minimum atomic E-state index is -0.126. The molecule has 0 N–H and O–H groups in total. The monoisotopic (exact) mass is 416 g/mol. The van der Waals surface area contributed by atoms with Crippen molar-refractivity contribution in [3.8, 4) is 11.5 Å². The van der Waals surface area contributed by atoms with Gasteiger partial charge >= 0.3 is 0 Å². The minimum Gasteiger partial charge on any atom is -0.489 e. The lowest BCUT2D eigenvalue weighted by molar-refractivity contribution is 0.101. The van der Waals surface area contributed by atoms with Gasteiger partial charge in [0.15, 0.2) is 5.76 Å². The lowest BCUT2D eigenvalue weighted by Gasteiger charge is -2.10. The van der Waals surface area contributed by atoms with E-state index in [0.717, 1.165) is 10.4 Å². The van der Waals surface area contributed by atoms with E-state index >= 15 is 0 Å². The van der Waals surface area contributed by atoms with E-state index in [2.05, 4.69) is 0 Å². The quantitative estimate of drug-likeness (QED) is 0.451. The van der Waals surface area contributed by atoms with Gasteiger partial charge in [-0.25, -0.2) is 0 Å². The lowest BCUT2D eigenvalue weighted by Crippen LogP contribution is -1.98. The molecule has 0 aliphatic carbocycles. The number of Topliss-reactive ketones (excluding diaryl/α,β-unsaturated/α-hetero) is 1. The highest BCUT2D eigenvalue weighted by Crippen LogP contribution is 2.36. The van der Waals surface area contributed by atoms with Crippen LogP contribution in [0.4, 0.5) is 0 Å². The third-order valence-electron chi connectivity index (χ3n) is 4.25. The van der Waals surface area contributed by atoms with Gasteiger partial charge in [0.1, 0.15) is 18.1 Å². The van der Waals surface area contributed by atoms with Gasteiger partial charge in [0, 0.05) is 32.6 Å². The van der Waals surface area contributed by atoms with Crippen LogP contribution in [0.15, 0.2) is 53.6 Å². The summed E-state index contributed by atoms with van der Waals surface area (Å²) in [5.41, 5.74) is 2.35. The fourth-order valence-corrected chi connectivity index (χ4v) is 4.09. The molecule has 2 aromatic carbocycles. The number of rotatable bonds is 4. The number of allylic oxidation sites excluding steroid dienone is 1. The highest BCUT2D eigenvalue weighted by atomic mass is 35.5. The molecule has 0 amide bonds. The van der Waals surface area contributed by atoms with Gasteiger partial charge in [-0.1, -0.05) is 29.3 Å². The van der Waals surface area contributed by atoms with Crippen molar-refractivity contribution in [1.29, 1.82) is 0 Å². The summed E-state index contributed by atoms with van der Waals surface area (Å²) in [7, 11) is 0. The van der Waals surface area contributed by atoms with Gasteiger partial charge in [-0.05, 0) is 48.2 Å². The van der Waals surface area contributed by atoms with Gasteiger partial charge in [-0.3, -0.25) is 4.79 Å². The van der Waals surface area contributed by atoms with Gasteiger partial charge < -0.3 is 9.47 Å². The first-order chi connectivity index (χ1) is 13.0. The Morgan fingerprint density at radius 3 is 2.63 bits per heavy atom. The Morgan fingerprint density at radius 1 is 1.15 bits per heavy atom. The van der Waals surface area contributed by atoms with E-state index in [1.54, 1.807) is 53.8 Å². The normalized spacial score (nSPS) is 14.3. The number of ketones is 1. The zero-order valence-electron chi connectivity index (χ0n) is 14.3. The molecule has 27 heavy (non-hydrogen) atoms. The van der Waals surface area contributed by atoms with Crippen LogP contribution in [0.3, 0.4) is 0 Å². The van der Waals surface area contributed by atoms with E-state index in [1.165, 1.54) is 0 Å². The summed E-state index contributed by atoms with van der Waals surface area (Å²) < 4.78 is 11.6. The SMILES string of the molecule is Cc1ccsc1C=C1Oc2cc(OCc3c(Cl)cccc3Cl)ccc2C1=O. The molecule has 0 saturated heterocycles. The van der Waals surface area contributed by atoms with E-state index in [1.807, 2.05) is 18.4 Å². The van der Waals surface area contributed by atoms with Crippen LogP contribution in [0.5, 0.6) is 11.5 Å². The summed E-state index contributed by atoms with van der Waals surface area (Å²) in [6, 6.07) is 12.5. The molecule has 2 heterocycles. The molecule has 1 aromatic heterocycles. The summed E-state index contributed by atoms with van der Waals surface area (Å²) in [5.74, 6) is 1.26. The molecule has 0 spiro atoms. The Kier molecular flexibility index (Phi) is 4.96. The van der Waals surface area contributed by atoms with Crippen molar-refractivity contribution in [2.24, 2.45) is 0 Å². The maximum Gasteiger partial charge on any atom is 0.232 e. The summed E-state index contributed by atoms with van der Waals surface area (Å²) in [4.78, 5) is 13.6. The molecule has 0 atom stereocenters. The smallest absolute Gasteiger partial charge is 0.232 e. The molecule has 6 heteroatoms. The molecule has 3 nitrogen and oxygen atoms in total. The molecule has 0 saturated carbocycles. The summed E-state index contributed by atoms with van der Waals surface area (Å²) in [6.45, 7) is 2.23. The molecule has 136 valence electrons. The lowest BCUT2D eigenvalue weighted by atomic mass is 10.1. The second kappa shape index (κ2) is 7.39. The van der Waals surface area contributed by atoms with Crippen LogP contribution in [-0.4, -0.2) is 5.78 Å². The van der Waals surface area contributed by atoms with Crippen LogP contribution in [0.1, 0.15) is 26.4 Å². The van der Waals surface area contributed by atoms with E-state index < -0.39 is 0 Å². The number of fused-ring (bicyclic) bond motifs is 1. The van der Waals surface area contributed by atoms with Crippen LogP contribution in [0, 0.1) is 6.92 Å². The van der Waals surface area contributed by atoms with E-state index in [0.29, 0.717) is 38.4 Å². The number of aryl methyl sites for hydroxylation is 1. The largest absolute Gasteiger partial charge is 0.489 e. The summed E-state index contributed by atoms with van der Waals surface area (Å²) >= 11 is 13.9. The predicted octanol–water partition coefficient (Wildman–Crippen LogP) is 6.56. The van der Waals surface area contributed by atoms with E-state index in [-0.39, 0.29) is 12.4 Å². The molecule has 0 radical (unpaired) electrons. The van der Waals surface area contributed by atoms with Gasteiger partial charge in [0.25, 0.3) is 0 Å². The molecule has 3 aromatic rings. The average molecular weight is 417 g/mol. The number of hydrogen-bond donors (Lipinski definition) is 0. The minimum absolute atomic E-state index is 0.126. The van der Waals surface area contributed by atoms with Crippen LogP contribution in [0.2, 0.25) is 10.0 Å². The van der Waals surface area contributed by atoms with Gasteiger partial charge in [-0.15, -0.1) is 11.3 Å². The Balaban J connectivity index is 1.54. The van der Waals surface area contributed by atoms with Crippen LogP contribution in [0.25, 0.3) is 6.08 Å². The fraction of sp³-hybridized carbons (Fsp3) is 0.0952. The van der Waals surface area contributed by atoms with Gasteiger partial charge in [0.2, 0.25) is 5.78 Å². The third kappa shape index (κ3) is 3.61. The molecule has 1 aliphatic rings. The van der Waals surface area contributed by atoms with Crippen molar-refractivity contribution in [3.63, 3.8) is 0 Å². The van der Waals surface area contributed by atoms with Crippen LogP contribution >= 0.6 is 34.5 Å². The van der Waals surface area contributed by atoms with Crippen molar-refractivity contribution in [2.75, 3.05) is 0 Å². The third-order valence-corrected chi connectivity index (χ3v) is 5.92. The van der Waals surface area contributed by atoms with Crippen molar-refractivity contribution >= 4 is 46.4 Å². The van der Waals surface area contributed by atoms with E-state index in [9.17, 15) is 4.79 Å². The van der Waals surface area contributed by atoms with Crippen molar-refractivity contribution in [2.45, 2.75) is 13.5 Å². The number of ether oxygens (including phenoxy) is 2. The Labute approximate surface area is 170 Å². The summed E-state index contributed by atoms with van der Waals surface area (Å²) in [6.07, 6.45) is 1.78. The Morgan fingerprint density at radius 2 is 1.93 bits per heavy atom. The second-order valence-electron chi connectivity index (χ2n) is 6.05. The molecule has 0 unspecified atom stereocenters. The molecule has 0 fully saturated rings. The van der Waals surface area contributed by atoms with E-state index in [4.69, 9.17) is 32.7 Å². The van der Waals surface area contributed by atoms with Gasteiger partial charge in [-0.2, -0.15) is 0 Å². The molecule has 0 bridgehead atoms. The van der Waals surface area contributed by atoms with Crippen LogP contribution < -0.4 is 9.47 Å². The number of halogens is 2. The molecule has 4 rings (SSSR count). The van der Waals surface area contributed by atoms with Gasteiger partial charge in [0.05, 0.1) is 5.56 Å². The number of benzene rings is 2. The molecular formula is C21H14Cl2O3S. The maximum absolute atomic E-state index is 12.5. The predicted molar refractivity (Wildman–Crippen MR) is 109 cm³/mol. The standard InChI is InChI=1S/C21H14Cl2O3S/c1-12-7-8-27-20(12)10-19-21(24)14-6-5-13(9-18(14)26-19)25-11-15-16(22)3-2-4-17(15)23/h2-10H,11H2,1H3. The highest BCUT2D eigenvalue weighted by Gasteiger charge is 2.28. The first-order valence-electron chi connectivity index (χ1n) is 8.21. The highest BCUT2D eigenvalue weighted by molar-refractivity contribution is 7.11. The van der Waals surface area contributed by atoms with Crippen molar-refractivity contribution in [3.05, 3.63) is 85.2 Å². The van der Waals surface area contributed by atoms with Crippen molar-refractivity contribution in [1.82, 2.24) is 0 Å². The fourth-order valence-electron chi connectivity index (χ4n) is 2.73. The molecular weight excluding hydrogens is 403 g/mol. The number of hydrogen-bond acceptors (Lipinski definition) is 4. The first-order valence-corrected chi connectivity index (χ1v) is 9.84. The maximum atomic E-state index is 12.5. The second-order valence-corrected chi connectivity index (χ2v) is 7.82. The zero-order chi connectivity index (χ0) is 19.0. The Hall–Kier alpha value is -2.27. The van der Waals surface area contributed by atoms with Crippen molar-refractivity contribution < 1.29 is 14.3 Å². The van der Waals surface area contributed by atoms with Crippen LogP contribution in [-0.2, 0) is 6.61 Å².